The lowest BCUT2D eigenvalue weighted by atomic mass is 10.1. The Bertz CT molecular complexity index is 758. The van der Waals surface area contributed by atoms with Crippen molar-refractivity contribution in [3.05, 3.63) is 28.2 Å². The summed E-state index contributed by atoms with van der Waals surface area (Å²) < 4.78 is 30.3. The molecule has 0 spiro atoms. The number of ether oxygens (including phenoxy) is 1. The van der Waals surface area contributed by atoms with Crippen molar-refractivity contribution in [3.63, 3.8) is 0 Å². The molecule has 1 aliphatic rings. The maximum Gasteiger partial charge on any atom is 0.255 e. The molecule has 1 saturated heterocycles. The van der Waals surface area contributed by atoms with Crippen molar-refractivity contribution < 1.29 is 22.7 Å². The number of amides is 2. The van der Waals surface area contributed by atoms with Crippen molar-refractivity contribution in [3.8, 4) is 5.75 Å². The Balaban J connectivity index is 2.05. The summed E-state index contributed by atoms with van der Waals surface area (Å²) in [7, 11) is -0.571. The second kappa shape index (κ2) is 8.18. The molecule has 0 unspecified atom stereocenters. The van der Waals surface area contributed by atoms with Gasteiger partial charge in [0.2, 0.25) is 5.91 Å². The molecule has 7 nitrogen and oxygen atoms in total. The Kier molecular flexibility index (Phi) is 6.45. The summed E-state index contributed by atoms with van der Waals surface area (Å²) in [5.41, 5.74) is 0.478. The first-order chi connectivity index (χ1) is 11.8. The van der Waals surface area contributed by atoms with Crippen LogP contribution in [0.4, 0.5) is 0 Å². The molecular weight excluding hydrogens is 412 g/mol. The summed E-state index contributed by atoms with van der Waals surface area (Å²) in [6.07, 6.45) is 0.652. The number of halogens is 1. The van der Waals surface area contributed by atoms with E-state index in [9.17, 15) is 18.0 Å². The SMILES string of the molecule is CNC(=O)CS(=O)(=O)C1CCN(C(=O)c2cc(OC)ccc2Br)CC1. The number of methoxy groups -OCH3 is 1. The van der Waals surface area contributed by atoms with Crippen molar-refractivity contribution >= 4 is 37.6 Å². The van der Waals surface area contributed by atoms with Gasteiger partial charge >= 0.3 is 0 Å². The highest BCUT2D eigenvalue weighted by atomic mass is 79.9. The number of nitrogens with one attached hydrogen (secondary N) is 1. The van der Waals surface area contributed by atoms with Gasteiger partial charge in [-0.3, -0.25) is 9.59 Å². The predicted molar refractivity (Wildman–Crippen MR) is 97.5 cm³/mol. The quantitative estimate of drug-likeness (QED) is 0.754. The molecule has 0 saturated carbocycles. The normalized spacial score (nSPS) is 15.7. The highest BCUT2D eigenvalue weighted by Gasteiger charge is 2.33. The fraction of sp³-hybridized carbons (Fsp3) is 0.500. The third-order valence-corrected chi connectivity index (χ3v) is 7.10. The smallest absolute Gasteiger partial charge is 0.255 e. The third kappa shape index (κ3) is 4.72. The molecule has 1 heterocycles. The molecule has 25 heavy (non-hydrogen) atoms. The minimum absolute atomic E-state index is 0.173. The summed E-state index contributed by atoms with van der Waals surface area (Å²) in [5.74, 6) is -0.620. The fourth-order valence-corrected chi connectivity index (χ4v) is 4.85. The lowest BCUT2D eigenvalue weighted by Gasteiger charge is -2.32. The second-order valence-corrected chi connectivity index (χ2v) is 8.95. The predicted octanol–water partition coefficient (Wildman–Crippen LogP) is 1.22. The molecule has 0 atom stereocenters. The van der Waals surface area contributed by atoms with Crippen molar-refractivity contribution in [2.24, 2.45) is 0 Å². The molecule has 2 amide bonds. The van der Waals surface area contributed by atoms with Crippen LogP contribution in [-0.4, -0.2) is 63.4 Å². The average Bonchev–Trinajstić information content (AvgIpc) is 2.61. The van der Waals surface area contributed by atoms with Gasteiger partial charge in [0.25, 0.3) is 5.91 Å². The molecule has 1 aromatic carbocycles. The molecular formula is C16H21BrN2O5S. The summed E-state index contributed by atoms with van der Waals surface area (Å²) in [4.78, 5) is 25.7. The molecule has 9 heteroatoms. The van der Waals surface area contributed by atoms with Crippen molar-refractivity contribution in [2.75, 3.05) is 33.0 Å². The molecule has 1 fully saturated rings. The number of hydrogen-bond acceptors (Lipinski definition) is 5. The zero-order valence-corrected chi connectivity index (χ0v) is 16.5. The van der Waals surface area contributed by atoms with Gasteiger partial charge in [-0.25, -0.2) is 8.42 Å². The first kappa shape index (κ1) is 19.7. The number of hydrogen-bond donors (Lipinski definition) is 1. The monoisotopic (exact) mass is 432 g/mol. The molecule has 0 aliphatic carbocycles. The topological polar surface area (TPSA) is 92.8 Å². The van der Waals surface area contributed by atoms with Crippen molar-refractivity contribution in [2.45, 2.75) is 18.1 Å². The van der Waals surface area contributed by atoms with Gasteiger partial charge in [0.05, 0.1) is 17.9 Å². The van der Waals surface area contributed by atoms with E-state index in [4.69, 9.17) is 4.74 Å². The van der Waals surface area contributed by atoms with Crippen LogP contribution < -0.4 is 10.1 Å². The van der Waals surface area contributed by atoms with Gasteiger partial charge in [0.1, 0.15) is 11.5 Å². The van der Waals surface area contributed by atoms with Crippen LogP contribution in [-0.2, 0) is 14.6 Å². The summed E-state index contributed by atoms with van der Waals surface area (Å²) in [6, 6.07) is 5.14. The average molecular weight is 433 g/mol. The zero-order chi connectivity index (χ0) is 18.6. The number of benzene rings is 1. The largest absolute Gasteiger partial charge is 0.497 e. The molecule has 1 aliphatic heterocycles. The van der Waals surface area contributed by atoms with Crippen LogP contribution in [0.25, 0.3) is 0 Å². The Labute approximate surface area is 155 Å². The molecule has 0 radical (unpaired) electrons. The van der Waals surface area contributed by atoms with Crippen molar-refractivity contribution in [1.82, 2.24) is 10.2 Å². The number of rotatable bonds is 5. The van der Waals surface area contributed by atoms with Crippen LogP contribution in [0, 0.1) is 0 Å². The van der Waals surface area contributed by atoms with E-state index in [2.05, 4.69) is 21.2 Å². The van der Waals surface area contributed by atoms with Crippen LogP contribution in [0.1, 0.15) is 23.2 Å². The Morgan fingerprint density at radius 1 is 1.32 bits per heavy atom. The molecule has 138 valence electrons. The number of nitrogens with zero attached hydrogens (tertiary/aromatic N) is 1. The van der Waals surface area contributed by atoms with E-state index >= 15 is 0 Å². The van der Waals surface area contributed by atoms with E-state index in [1.54, 1.807) is 23.1 Å². The maximum atomic E-state index is 12.7. The second-order valence-electron chi connectivity index (χ2n) is 5.82. The van der Waals surface area contributed by atoms with E-state index in [1.807, 2.05) is 0 Å². The van der Waals surface area contributed by atoms with E-state index < -0.39 is 26.7 Å². The standard InChI is InChI=1S/C16H21BrN2O5S/c1-18-15(20)10-25(22,23)12-5-7-19(8-6-12)16(21)13-9-11(24-2)3-4-14(13)17/h3-4,9,12H,5-8,10H2,1-2H3,(H,18,20). The number of carbonyl (C=O) groups excluding carboxylic acids is 2. The van der Waals surface area contributed by atoms with E-state index in [1.165, 1.54) is 14.2 Å². The minimum atomic E-state index is -3.51. The number of piperidine rings is 1. The number of sulfone groups is 1. The Hall–Kier alpha value is -1.61. The lowest BCUT2D eigenvalue weighted by Crippen LogP contribution is -2.44. The maximum absolute atomic E-state index is 12.7. The van der Waals surface area contributed by atoms with E-state index in [0.29, 0.717) is 41.7 Å². The molecule has 1 aromatic rings. The summed E-state index contributed by atoms with van der Waals surface area (Å²) in [6.45, 7) is 0.667. The van der Waals surface area contributed by atoms with Crippen LogP contribution in [0.2, 0.25) is 0 Å². The van der Waals surface area contributed by atoms with E-state index in [0.717, 1.165) is 0 Å². The summed E-state index contributed by atoms with van der Waals surface area (Å²) in [5, 5.41) is 1.73. The molecule has 2 rings (SSSR count). The van der Waals surface area contributed by atoms with Gasteiger partial charge in [-0.1, -0.05) is 0 Å². The molecule has 0 aromatic heterocycles. The third-order valence-electron chi connectivity index (χ3n) is 4.25. The Morgan fingerprint density at radius 2 is 1.96 bits per heavy atom. The number of likely N-dealkylation sites (tertiary alicyclic amines) is 1. The lowest BCUT2D eigenvalue weighted by molar-refractivity contribution is -0.118. The first-order valence-corrected chi connectivity index (χ1v) is 10.3. The van der Waals surface area contributed by atoms with Crippen LogP contribution in [0.15, 0.2) is 22.7 Å². The van der Waals surface area contributed by atoms with Crippen LogP contribution in [0.3, 0.4) is 0 Å². The highest BCUT2D eigenvalue weighted by molar-refractivity contribution is 9.10. The van der Waals surface area contributed by atoms with Gasteiger partial charge in [-0.2, -0.15) is 0 Å². The van der Waals surface area contributed by atoms with Gasteiger partial charge in [0.15, 0.2) is 9.84 Å². The minimum Gasteiger partial charge on any atom is -0.497 e. The van der Waals surface area contributed by atoms with Crippen LogP contribution >= 0.6 is 15.9 Å². The van der Waals surface area contributed by atoms with Gasteiger partial charge in [0, 0.05) is 24.6 Å². The van der Waals surface area contributed by atoms with Crippen molar-refractivity contribution in [1.29, 1.82) is 0 Å². The molecule has 0 bridgehead atoms. The van der Waals surface area contributed by atoms with Gasteiger partial charge in [-0.05, 0) is 47.0 Å². The summed E-state index contributed by atoms with van der Waals surface area (Å²) >= 11 is 3.36. The van der Waals surface area contributed by atoms with Gasteiger partial charge in [-0.15, -0.1) is 0 Å². The molecule has 1 N–H and O–H groups in total. The first-order valence-electron chi connectivity index (χ1n) is 7.83. The Morgan fingerprint density at radius 3 is 2.52 bits per heavy atom. The zero-order valence-electron chi connectivity index (χ0n) is 14.1. The number of carbonyl (C=O) groups is 2. The fourth-order valence-electron chi connectivity index (χ4n) is 2.76. The highest BCUT2D eigenvalue weighted by Crippen LogP contribution is 2.26. The van der Waals surface area contributed by atoms with Gasteiger partial charge < -0.3 is 15.0 Å². The van der Waals surface area contributed by atoms with Crippen LogP contribution in [0.5, 0.6) is 5.75 Å². The van der Waals surface area contributed by atoms with E-state index in [-0.39, 0.29) is 5.91 Å².